The summed E-state index contributed by atoms with van der Waals surface area (Å²) in [5.41, 5.74) is 1.41. The van der Waals surface area contributed by atoms with Crippen LogP contribution >= 0.6 is 11.6 Å². The first-order valence-corrected chi connectivity index (χ1v) is 13.1. The van der Waals surface area contributed by atoms with E-state index in [-0.39, 0.29) is 5.75 Å². The van der Waals surface area contributed by atoms with Crippen molar-refractivity contribution in [1.29, 1.82) is 0 Å². The summed E-state index contributed by atoms with van der Waals surface area (Å²) in [6.45, 7) is 3.83. The number of nitrogens with one attached hydrogen (secondary N) is 1. The Morgan fingerprint density at radius 1 is 1.06 bits per heavy atom. The molecule has 0 saturated carbocycles. The van der Waals surface area contributed by atoms with Crippen LogP contribution in [0.1, 0.15) is 11.3 Å². The lowest BCUT2D eigenvalue weighted by atomic mass is 10.2. The maximum atomic E-state index is 11.5. The second-order valence-electron chi connectivity index (χ2n) is 8.18. The van der Waals surface area contributed by atoms with Crippen LogP contribution < -0.4 is 15.0 Å². The quantitative estimate of drug-likeness (QED) is 0.492. The fourth-order valence-electron chi connectivity index (χ4n) is 3.40. The lowest BCUT2D eigenvalue weighted by Crippen LogP contribution is -2.45. The Morgan fingerprint density at radius 3 is 2.38 bits per heavy atom. The Morgan fingerprint density at radius 2 is 1.74 bits per heavy atom. The van der Waals surface area contributed by atoms with Crippen LogP contribution in [-0.2, 0) is 22.1 Å². The van der Waals surface area contributed by atoms with Crippen LogP contribution in [0.3, 0.4) is 0 Å². The van der Waals surface area contributed by atoms with Gasteiger partial charge >= 0.3 is 0 Å². The molecule has 0 bridgehead atoms. The van der Waals surface area contributed by atoms with Gasteiger partial charge in [0.2, 0.25) is 17.8 Å². The van der Waals surface area contributed by atoms with Gasteiger partial charge in [-0.25, -0.2) is 23.4 Å². The maximum Gasteiger partial charge on any atom is 0.229 e. The minimum atomic E-state index is -3.10. The highest BCUT2D eigenvalue weighted by molar-refractivity contribution is 7.89. The lowest BCUT2D eigenvalue weighted by Gasteiger charge is -2.32. The van der Waals surface area contributed by atoms with E-state index in [1.54, 1.807) is 30.3 Å². The van der Waals surface area contributed by atoms with E-state index in [4.69, 9.17) is 21.3 Å². The molecular formula is C22H26ClN7O3S. The molecule has 34 heavy (non-hydrogen) atoms. The Kier molecular flexibility index (Phi) is 7.44. The SMILES string of the molecule is CN1CCN(c2nc(CNc3ncc(Cl)cn3)cc(Oc3ccc(CS(C)(=O)=O)cc3)n2)CC1. The van der Waals surface area contributed by atoms with Crippen LogP contribution in [-0.4, -0.2) is 72.7 Å². The number of halogens is 1. The summed E-state index contributed by atoms with van der Waals surface area (Å²) in [6, 6.07) is 8.70. The first-order valence-electron chi connectivity index (χ1n) is 10.7. The first-order chi connectivity index (χ1) is 16.2. The average molecular weight is 504 g/mol. The number of nitrogens with zero attached hydrogens (tertiary/aromatic N) is 6. The standard InChI is InChI=1S/C22H26ClN7O3S/c1-29-7-9-30(10-8-29)22-27-18(14-26-21-24-12-17(23)13-25-21)11-20(28-22)33-19-5-3-16(4-6-19)15-34(2,31)32/h3-6,11-13H,7-10,14-15H2,1-2H3,(H,24,25,26). The molecule has 4 rings (SSSR count). The van der Waals surface area contributed by atoms with Crippen molar-refractivity contribution in [2.75, 3.05) is 49.7 Å². The van der Waals surface area contributed by atoms with Gasteiger partial charge in [0.15, 0.2) is 9.84 Å². The third-order valence-electron chi connectivity index (χ3n) is 5.15. The molecule has 0 atom stereocenters. The van der Waals surface area contributed by atoms with Gasteiger partial charge in [-0.2, -0.15) is 4.98 Å². The van der Waals surface area contributed by atoms with Crippen LogP contribution in [0.15, 0.2) is 42.7 Å². The molecule has 0 spiro atoms. The van der Waals surface area contributed by atoms with E-state index in [0.29, 0.717) is 46.4 Å². The zero-order chi connectivity index (χ0) is 24.1. The van der Waals surface area contributed by atoms with Gasteiger partial charge in [-0.1, -0.05) is 23.7 Å². The summed E-state index contributed by atoms with van der Waals surface area (Å²) in [5.74, 6) is 1.96. The molecule has 3 aromatic rings. The van der Waals surface area contributed by atoms with Crippen LogP contribution in [0.2, 0.25) is 5.02 Å². The largest absolute Gasteiger partial charge is 0.439 e. The Bertz CT molecular complexity index is 1220. The van der Waals surface area contributed by atoms with E-state index < -0.39 is 9.84 Å². The molecule has 10 nitrogen and oxygen atoms in total. The minimum absolute atomic E-state index is 0.0169. The molecule has 12 heteroatoms. The van der Waals surface area contributed by atoms with Gasteiger partial charge in [-0.15, -0.1) is 0 Å². The number of likely N-dealkylation sites (N-methyl/N-ethyl adjacent to an activating group) is 1. The van der Waals surface area contributed by atoms with Crippen molar-refractivity contribution < 1.29 is 13.2 Å². The van der Waals surface area contributed by atoms with E-state index >= 15 is 0 Å². The molecule has 1 fully saturated rings. The molecule has 0 aliphatic carbocycles. The number of aromatic nitrogens is 4. The topological polar surface area (TPSA) is 113 Å². The zero-order valence-electron chi connectivity index (χ0n) is 19.0. The van der Waals surface area contributed by atoms with Gasteiger partial charge in [-0.3, -0.25) is 0 Å². The van der Waals surface area contributed by atoms with Crippen molar-refractivity contribution in [2.24, 2.45) is 0 Å². The fraction of sp³-hybridized carbons (Fsp3) is 0.364. The summed E-state index contributed by atoms with van der Waals surface area (Å²) in [4.78, 5) is 22.0. The lowest BCUT2D eigenvalue weighted by molar-refractivity contribution is 0.310. The van der Waals surface area contributed by atoms with E-state index in [9.17, 15) is 8.42 Å². The van der Waals surface area contributed by atoms with E-state index in [2.05, 4.69) is 37.1 Å². The van der Waals surface area contributed by atoms with Crippen molar-refractivity contribution in [3.05, 3.63) is 59.0 Å². The van der Waals surface area contributed by atoms with Crippen molar-refractivity contribution in [3.63, 3.8) is 0 Å². The Balaban J connectivity index is 1.54. The molecule has 1 aliphatic rings. The van der Waals surface area contributed by atoms with Gasteiger partial charge in [0.25, 0.3) is 0 Å². The predicted molar refractivity (Wildman–Crippen MR) is 131 cm³/mol. The summed E-state index contributed by atoms with van der Waals surface area (Å²) in [6.07, 6.45) is 4.26. The molecule has 1 saturated heterocycles. The number of ether oxygens (including phenoxy) is 1. The molecule has 3 heterocycles. The summed E-state index contributed by atoms with van der Waals surface area (Å²) in [7, 11) is -1.01. The highest BCUT2D eigenvalue weighted by Gasteiger charge is 2.19. The number of hydrogen-bond acceptors (Lipinski definition) is 10. The molecule has 2 aromatic heterocycles. The zero-order valence-corrected chi connectivity index (χ0v) is 20.6. The molecule has 0 unspecified atom stereocenters. The van der Waals surface area contributed by atoms with Crippen molar-refractivity contribution >= 4 is 33.3 Å². The number of benzene rings is 1. The molecular weight excluding hydrogens is 478 g/mol. The highest BCUT2D eigenvalue weighted by Crippen LogP contribution is 2.24. The van der Waals surface area contributed by atoms with Gasteiger partial charge in [0.05, 0.1) is 35.4 Å². The molecule has 180 valence electrons. The molecule has 1 aliphatic heterocycles. The Hall–Kier alpha value is -3.02. The normalized spacial score (nSPS) is 14.7. The summed E-state index contributed by atoms with van der Waals surface area (Å²) >= 11 is 5.86. The summed E-state index contributed by atoms with van der Waals surface area (Å²) < 4.78 is 29.1. The van der Waals surface area contributed by atoms with Crippen LogP contribution in [0.25, 0.3) is 0 Å². The number of anilines is 2. The first kappa shape index (κ1) is 24.1. The van der Waals surface area contributed by atoms with E-state index in [1.807, 2.05) is 0 Å². The second kappa shape index (κ2) is 10.5. The average Bonchev–Trinajstić information content (AvgIpc) is 2.79. The number of rotatable bonds is 8. The van der Waals surface area contributed by atoms with E-state index in [1.165, 1.54) is 18.6 Å². The van der Waals surface area contributed by atoms with Gasteiger partial charge in [0, 0.05) is 38.5 Å². The molecule has 0 radical (unpaired) electrons. The highest BCUT2D eigenvalue weighted by atomic mass is 35.5. The Labute approximate surface area is 203 Å². The number of piperazine rings is 1. The summed E-state index contributed by atoms with van der Waals surface area (Å²) in [5, 5.41) is 3.60. The van der Waals surface area contributed by atoms with Crippen LogP contribution in [0.4, 0.5) is 11.9 Å². The van der Waals surface area contributed by atoms with Crippen LogP contribution in [0.5, 0.6) is 11.6 Å². The maximum absolute atomic E-state index is 11.5. The fourth-order valence-corrected chi connectivity index (χ4v) is 4.30. The van der Waals surface area contributed by atoms with Crippen molar-refractivity contribution in [2.45, 2.75) is 12.3 Å². The molecule has 1 aromatic carbocycles. The number of sulfone groups is 1. The predicted octanol–water partition coefficient (Wildman–Crippen LogP) is 2.62. The van der Waals surface area contributed by atoms with Gasteiger partial charge in [0.1, 0.15) is 5.75 Å². The molecule has 1 N–H and O–H groups in total. The minimum Gasteiger partial charge on any atom is -0.439 e. The third kappa shape index (κ3) is 6.99. The number of hydrogen-bond donors (Lipinski definition) is 1. The van der Waals surface area contributed by atoms with Crippen LogP contribution in [0, 0.1) is 0 Å². The van der Waals surface area contributed by atoms with Crippen molar-refractivity contribution in [1.82, 2.24) is 24.8 Å². The second-order valence-corrected chi connectivity index (χ2v) is 10.8. The van der Waals surface area contributed by atoms with Gasteiger partial charge in [-0.05, 0) is 24.7 Å². The van der Waals surface area contributed by atoms with E-state index in [0.717, 1.165) is 26.2 Å². The molecule has 0 amide bonds. The smallest absolute Gasteiger partial charge is 0.229 e. The van der Waals surface area contributed by atoms with Gasteiger partial charge < -0.3 is 19.9 Å². The monoisotopic (exact) mass is 503 g/mol. The van der Waals surface area contributed by atoms with Crippen molar-refractivity contribution in [3.8, 4) is 11.6 Å². The third-order valence-corrected chi connectivity index (χ3v) is 6.21.